The van der Waals surface area contributed by atoms with E-state index in [4.69, 9.17) is 107 Å². The summed E-state index contributed by atoms with van der Waals surface area (Å²) in [4.78, 5) is 218. The van der Waals surface area contributed by atoms with Gasteiger partial charge in [0.15, 0.2) is 5.54 Å². The first-order chi connectivity index (χ1) is 64.9. The van der Waals surface area contributed by atoms with Crippen molar-refractivity contribution in [2.24, 2.45) is 28.7 Å². The van der Waals surface area contributed by atoms with Crippen LogP contribution >= 0.6 is 12.4 Å². The molecule has 8 atom stereocenters. The Kier molecular flexibility index (Phi) is 51.2. The van der Waals surface area contributed by atoms with Gasteiger partial charge in [-0.3, -0.25) is 4.79 Å². The molecule has 49 heteroatoms. The Bertz CT molecular complexity index is 5180. The summed E-state index contributed by atoms with van der Waals surface area (Å²) in [5, 5.41) is 10.8. The standard InChI is InChI=1S/C38H55BN4O8.C16H27N3O4.C15H25N3O4.C10H17N3O2.C5H9N3.C4H7N3.5CO2.ClH/c1-22-23(14-15-39-50-29-17-24-16-27(36(24,8)9)38(29,11)51-39)12-13-26(30(22)31(44)48-34(2,3)4)47-25-19-43(20-25)32(45)37(10,28-18-40-21-41-28)42-33(46)49-35(5,6)7;1-14(2,3)22-12(20)18-16(7,8)11-9-19(10-17-11)13(21)23-15(4,5)6;1-10(17-12(19)21-14(2,3)4)11-8-18(9-16-11)13(20)22-15(5,6)7;1-7(8-5-11-6-12-8)13-9(14)15-10(2,3)4;1-4(6)5-2-7-3-8-5;5-1-4-2-6-3-7-4;5*2-1-3;/h12-13,18,21,24-25,27,29H,14-17,19-20H2,1-11H3,(H,40,41)(H,42,46);9-10H,1-8H3,(H,18,20);8-10H,1-7H3,(H,17,19);5-7H,1-4H3,(H,11,12)(H,13,14);2-4H,6H2,1H3,(H,7,8);2-3H,1,5H2,(H,6,7);;;;;;1H/t24-,27-,29+,37?,38-;;;;;;;;;;;/m0.........../s1. The van der Waals surface area contributed by atoms with Gasteiger partial charge in [0.05, 0.1) is 109 Å². The van der Waals surface area contributed by atoms with E-state index in [-0.39, 0.29) is 105 Å². The van der Waals surface area contributed by atoms with Gasteiger partial charge in [-0.25, -0.2) is 72.6 Å². The number of nitrogens with one attached hydrogen (secondary N) is 8. The lowest BCUT2D eigenvalue weighted by Crippen LogP contribution is -2.65. The van der Waals surface area contributed by atoms with Crippen molar-refractivity contribution < 1.29 is 134 Å². The SMILES string of the molecule is CC(C)(C)OC(=O)NC(C)(C)c1cn(C(=O)OC(C)(C)C)cn1.CC(N)c1cnc[nH]1.CC(NC(=O)OC(C)(C)C)c1cn(C(=O)OC(C)(C)C)cn1.CC(NC(=O)OC(C)(C)C)c1cnc[nH]1.Cc1c(CCB2O[C@@H]3C[C@@H]4C[C@@H](C4(C)C)[C@]3(C)O2)ccc(OC2CN(C(=O)C(C)(NC(=O)OC(C)(C)C)c3cnc[nH]3)C2)c1C(=O)OC(C)(C)C.Cl.NCc1cnc[nH]1.O=C=O.O=C=O.O=C=O.O=C=O.O=C=O. The molecule has 0 spiro atoms. The number of H-pyrrole nitrogens is 4. The maximum Gasteiger partial charge on any atom is 0.457 e. The summed E-state index contributed by atoms with van der Waals surface area (Å²) in [5.74, 6) is 0.770. The monoisotopic (exact) mass is 2020 g/mol. The molecule has 6 aromatic heterocycles. The van der Waals surface area contributed by atoms with Crippen molar-refractivity contribution in [3.05, 3.63) is 138 Å². The number of amides is 5. The van der Waals surface area contributed by atoms with Gasteiger partial charge in [-0.15, -0.1) is 12.4 Å². The minimum Gasteiger partial charge on any atom is -0.486 e. The molecule has 0 radical (unpaired) electrons. The van der Waals surface area contributed by atoms with Gasteiger partial charge in [0, 0.05) is 43.1 Å². The topological polar surface area (TPSA) is 653 Å². The van der Waals surface area contributed by atoms with Gasteiger partial charge >= 0.3 is 80.4 Å². The zero-order valence-corrected chi connectivity index (χ0v) is 87.5. The molecule has 1 aromatic carbocycles. The Balaban J connectivity index is 0.00000182. The zero-order chi connectivity index (χ0) is 109. The van der Waals surface area contributed by atoms with E-state index in [1.807, 2.05) is 74.4 Å². The van der Waals surface area contributed by atoms with Gasteiger partial charge in [0.2, 0.25) is 0 Å². The van der Waals surface area contributed by atoms with Crippen LogP contribution in [0.2, 0.25) is 6.32 Å². The number of hydrogen-bond donors (Lipinski definition) is 10. The van der Waals surface area contributed by atoms with Crippen molar-refractivity contribution in [3.8, 4) is 5.75 Å². The minimum atomic E-state index is -1.46. The Morgan fingerprint density at radius 1 is 0.535 bits per heavy atom. The molecule has 3 saturated carbocycles. The molecule has 5 aliphatic rings. The van der Waals surface area contributed by atoms with Crippen molar-refractivity contribution in [2.75, 3.05) is 13.1 Å². The largest absolute Gasteiger partial charge is 0.486 e. The normalized spacial score (nSPS) is 16.6. The molecule has 142 heavy (non-hydrogen) atoms. The molecule has 8 heterocycles. The van der Waals surface area contributed by atoms with Crippen LogP contribution in [-0.2, 0) is 119 Å². The third-order valence-electron chi connectivity index (χ3n) is 20.0. The molecular formula is C93H141BClN19O28. The lowest BCUT2D eigenvalue weighted by molar-refractivity contribution is -0.199. The predicted octanol–water partition coefficient (Wildman–Crippen LogP) is 12.4. The number of rotatable bonds is 17. The van der Waals surface area contributed by atoms with Crippen LogP contribution in [0.25, 0.3) is 0 Å². The summed E-state index contributed by atoms with van der Waals surface area (Å²) in [6.45, 7) is 58.3. The zero-order valence-electron chi connectivity index (χ0n) is 86.7. The number of imidazole rings is 6. The van der Waals surface area contributed by atoms with Gasteiger partial charge in [0.1, 0.15) is 69.3 Å². The first-order valence-electron chi connectivity index (χ1n) is 44.4. The molecule has 5 amide bonds. The maximum atomic E-state index is 13.9. The highest BCUT2D eigenvalue weighted by molar-refractivity contribution is 6.45. The fourth-order valence-electron chi connectivity index (χ4n) is 13.7. The number of likely N-dealkylation sites (tertiary alicyclic amines) is 1. The number of carbonyl (C=O) groups is 8. The third kappa shape index (κ3) is 45.7. The number of aromatic amines is 4. The van der Waals surface area contributed by atoms with E-state index < -0.39 is 98.9 Å². The second-order valence-corrected chi connectivity index (χ2v) is 40.6. The Hall–Kier alpha value is -13.7. The molecule has 3 aliphatic carbocycles. The molecular weight excluding hydrogens is 1880 g/mol. The van der Waals surface area contributed by atoms with Crippen LogP contribution in [0.15, 0.2) is 87.3 Å². The smallest absolute Gasteiger partial charge is 0.457 e. The maximum absolute atomic E-state index is 13.9. The summed E-state index contributed by atoms with van der Waals surface area (Å²) in [6, 6.07) is 3.35. The van der Waals surface area contributed by atoms with Crippen molar-refractivity contribution in [2.45, 2.75) is 333 Å². The molecule has 2 aliphatic heterocycles. The average molecular weight is 2020 g/mol. The first kappa shape index (κ1) is 128. The van der Waals surface area contributed by atoms with Gasteiger partial charge < -0.3 is 105 Å². The molecule has 12 N–H and O–H groups in total. The number of nitrogens with two attached hydrogens (primary N) is 2. The van der Waals surface area contributed by atoms with E-state index in [0.29, 0.717) is 59.5 Å². The van der Waals surface area contributed by atoms with Gasteiger partial charge in [-0.1, -0.05) is 19.9 Å². The van der Waals surface area contributed by atoms with Crippen molar-refractivity contribution in [3.63, 3.8) is 0 Å². The van der Waals surface area contributed by atoms with Crippen LogP contribution in [0.4, 0.5) is 28.8 Å². The van der Waals surface area contributed by atoms with Crippen LogP contribution in [-0.4, -0.2) is 220 Å². The van der Waals surface area contributed by atoms with E-state index in [1.54, 1.807) is 174 Å². The fourth-order valence-corrected chi connectivity index (χ4v) is 13.7. The summed E-state index contributed by atoms with van der Waals surface area (Å²) in [7, 11) is -0.300. The van der Waals surface area contributed by atoms with E-state index >= 15 is 0 Å². The highest BCUT2D eigenvalue weighted by atomic mass is 35.5. The van der Waals surface area contributed by atoms with Crippen molar-refractivity contribution in [1.82, 2.24) is 85.1 Å². The minimum absolute atomic E-state index is 0. The number of nitrogens with zero attached hydrogens (tertiary/aromatic N) is 9. The van der Waals surface area contributed by atoms with Crippen LogP contribution in [0.1, 0.15) is 294 Å². The van der Waals surface area contributed by atoms with Crippen LogP contribution < -0.4 is 37.5 Å². The van der Waals surface area contributed by atoms with Gasteiger partial charge in [0.25, 0.3) is 5.91 Å². The molecule has 4 unspecified atom stereocenters. The van der Waals surface area contributed by atoms with Gasteiger partial charge in [-0.2, -0.15) is 47.9 Å². The second kappa shape index (κ2) is 56.7. The molecule has 47 nitrogen and oxygen atoms in total. The summed E-state index contributed by atoms with van der Waals surface area (Å²) in [5.41, 5.74) is 10.6. The molecule has 2 saturated heterocycles. The van der Waals surface area contributed by atoms with E-state index in [9.17, 15) is 38.4 Å². The third-order valence-corrected chi connectivity index (χ3v) is 20.0. The Morgan fingerprint density at radius 2 is 0.958 bits per heavy atom. The lowest BCUT2D eigenvalue weighted by atomic mass is 9.43. The number of halogens is 1. The summed E-state index contributed by atoms with van der Waals surface area (Å²) >= 11 is 0. The number of esters is 1. The van der Waals surface area contributed by atoms with E-state index in [2.05, 4.69) is 91.9 Å². The second-order valence-electron chi connectivity index (χ2n) is 40.6. The quantitative estimate of drug-likeness (QED) is 0.0230. The molecule has 786 valence electrons. The van der Waals surface area contributed by atoms with E-state index in [0.717, 1.165) is 34.6 Å². The van der Waals surface area contributed by atoms with Crippen LogP contribution in [0, 0.1) is 24.2 Å². The Labute approximate surface area is 832 Å². The van der Waals surface area contributed by atoms with Crippen molar-refractivity contribution >= 4 is 98.7 Å². The number of benzene rings is 1. The average Bonchev–Trinajstić information content (AvgIpc) is 1.29. The molecule has 7 aromatic rings. The van der Waals surface area contributed by atoms with Crippen LogP contribution in [0.3, 0.4) is 0 Å². The highest BCUT2D eigenvalue weighted by Gasteiger charge is 2.68. The van der Waals surface area contributed by atoms with Crippen molar-refractivity contribution in [1.29, 1.82) is 0 Å². The number of carbonyl (C=O) groups excluding carboxylic acids is 18. The van der Waals surface area contributed by atoms with E-state index in [1.165, 1.54) is 53.1 Å². The fraction of sp³-hybridized carbons (Fsp3) is 0.602. The lowest BCUT2D eigenvalue weighted by Gasteiger charge is -2.64. The highest BCUT2D eigenvalue weighted by Crippen LogP contribution is 2.66. The number of aryl methyl sites for hydroxylation is 1. The van der Waals surface area contributed by atoms with Gasteiger partial charge in [-0.05, 0) is 261 Å². The molecule has 12 rings (SSSR count). The number of hydrogen-bond acceptors (Lipinski definition) is 36. The number of ether oxygens (including phenoxy) is 8. The number of aromatic nitrogens is 12. The molecule has 5 fully saturated rings. The predicted molar refractivity (Wildman–Crippen MR) is 505 cm³/mol. The first-order valence-corrected chi connectivity index (χ1v) is 44.4. The number of alkyl carbamates (subject to hydrolysis) is 4. The Morgan fingerprint density at radius 3 is 1.37 bits per heavy atom. The van der Waals surface area contributed by atoms with Crippen LogP contribution in [0.5, 0.6) is 5.75 Å². The summed E-state index contributed by atoms with van der Waals surface area (Å²) in [6.07, 6.45) is 19.9. The molecule has 2 bridgehead atoms. The summed E-state index contributed by atoms with van der Waals surface area (Å²) < 4.78 is 59.4.